The van der Waals surface area contributed by atoms with Gasteiger partial charge in [0, 0.05) is 44.2 Å². The Balaban J connectivity index is 0.000000293. The van der Waals surface area contributed by atoms with Crippen LogP contribution in [0.3, 0.4) is 0 Å². The van der Waals surface area contributed by atoms with Crippen LogP contribution < -0.4 is 0 Å². The van der Waals surface area contributed by atoms with Gasteiger partial charge < -0.3 is 14.9 Å². The molecule has 0 atom stereocenters. The molecule has 1 saturated heterocycles. The number of fused-ring (bicyclic) bond motifs is 1. The van der Waals surface area contributed by atoms with Gasteiger partial charge in [0.25, 0.3) is 0 Å². The molecule has 4 rings (SSSR count). The van der Waals surface area contributed by atoms with Crippen LogP contribution in [0.25, 0.3) is 16.7 Å². The Labute approximate surface area is 181 Å². The van der Waals surface area contributed by atoms with Crippen molar-refractivity contribution in [2.75, 3.05) is 32.8 Å². The van der Waals surface area contributed by atoms with Crippen LogP contribution in [0, 0.1) is 0 Å². The van der Waals surface area contributed by atoms with E-state index in [4.69, 9.17) is 14.9 Å². The number of nitrogens with zero attached hydrogens (tertiary/aromatic N) is 2. The minimum Gasteiger partial charge on any atom is -0.478 e. The van der Waals surface area contributed by atoms with Crippen molar-refractivity contribution < 1.29 is 24.5 Å². The van der Waals surface area contributed by atoms with Crippen molar-refractivity contribution in [2.24, 2.45) is 0 Å². The van der Waals surface area contributed by atoms with Gasteiger partial charge in [0.15, 0.2) is 0 Å². The fraction of sp³-hybridized carbons (Fsp3) is 0.292. The lowest BCUT2D eigenvalue weighted by Crippen LogP contribution is -2.36. The summed E-state index contributed by atoms with van der Waals surface area (Å²) in [5, 5.41) is 15.6. The van der Waals surface area contributed by atoms with Gasteiger partial charge in [-0.25, -0.2) is 9.59 Å². The van der Waals surface area contributed by atoms with Crippen molar-refractivity contribution >= 4 is 17.5 Å². The molecule has 2 aliphatic rings. The number of aromatic nitrogens is 1. The van der Waals surface area contributed by atoms with E-state index >= 15 is 0 Å². The number of benzene rings is 1. The highest BCUT2D eigenvalue weighted by Crippen LogP contribution is 2.36. The quantitative estimate of drug-likeness (QED) is 0.690. The number of pyridine rings is 1. The zero-order valence-corrected chi connectivity index (χ0v) is 17.2. The molecule has 0 spiro atoms. The smallest absolute Gasteiger partial charge is 0.328 e. The number of hydrogen-bond acceptors (Lipinski definition) is 5. The van der Waals surface area contributed by atoms with E-state index in [9.17, 15) is 9.59 Å². The lowest BCUT2D eigenvalue weighted by Gasteiger charge is -2.26. The summed E-state index contributed by atoms with van der Waals surface area (Å²) < 4.78 is 5.43. The van der Waals surface area contributed by atoms with Crippen LogP contribution in [-0.2, 0) is 20.7 Å². The number of morpholine rings is 1. The number of allylic oxidation sites excluding steroid dienone is 1. The van der Waals surface area contributed by atoms with Crippen molar-refractivity contribution in [3.63, 3.8) is 0 Å². The van der Waals surface area contributed by atoms with Gasteiger partial charge in [-0.05, 0) is 52.8 Å². The molecule has 2 heterocycles. The average molecular weight is 422 g/mol. The van der Waals surface area contributed by atoms with Crippen molar-refractivity contribution in [1.82, 2.24) is 9.88 Å². The number of aliphatic carboxylic acids is 2. The lowest BCUT2D eigenvalue weighted by molar-refractivity contribution is -0.134. The van der Waals surface area contributed by atoms with E-state index in [1.807, 2.05) is 12.4 Å². The average Bonchev–Trinajstić information content (AvgIpc) is 3.21. The fourth-order valence-corrected chi connectivity index (χ4v) is 3.73. The second-order valence-electron chi connectivity index (χ2n) is 7.21. The molecule has 0 unspecified atom stereocenters. The zero-order valence-electron chi connectivity index (χ0n) is 17.2. The molecule has 1 fully saturated rings. The maximum atomic E-state index is 9.55. The van der Waals surface area contributed by atoms with Crippen LogP contribution >= 0.6 is 0 Å². The number of carbonyl (C=O) groups is 2. The summed E-state index contributed by atoms with van der Waals surface area (Å²) in [5.41, 5.74) is 7.02. The number of carboxylic acid groups (broad SMARTS) is 2. The third-order valence-electron chi connectivity index (χ3n) is 5.24. The highest BCUT2D eigenvalue weighted by atomic mass is 16.5. The molecule has 31 heavy (non-hydrogen) atoms. The Morgan fingerprint density at radius 2 is 1.65 bits per heavy atom. The minimum atomic E-state index is -1.26. The first-order valence-electron chi connectivity index (χ1n) is 10.2. The summed E-state index contributed by atoms with van der Waals surface area (Å²) in [6.45, 7) is 5.02. The van der Waals surface area contributed by atoms with Gasteiger partial charge in [0.05, 0.1) is 13.2 Å². The maximum absolute atomic E-state index is 9.55. The number of hydrogen-bond donors (Lipinski definition) is 2. The molecule has 1 aromatic carbocycles. The van der Waals surface area contributed by atoms with E-state index in [0.29, 0.717) is 12.2 Å². The monoisotopic (exact) mass is 422 g/mol. The molecular weight excluding hydrogens is 396 g/mol. The molecule has 1 aliphatic carbocycles. The first kappa shape index (κ1) is 22.4. The molecule has 162 valence electrons. The summed E-state index contributed by atoms with van der Waals surface area (Å²) in [7, 11) is 0. The van der Waals surface area contributed by atoms with Crippen LogP contribution in [0.5, 0.6) is 0 Å². The van der Waals surface area contributed by atoms with Crippen LogP contribution in [0.1, 0.15) is 17.5 Å². The lowest BCUT2D eigenvalue weighted by atomic mass is 9.95. The molecule has 1 aromatic heterocycles. The Kier molecular flexibility index (Phi) is 8.09. The highest BCUT2D eigenvalue weighted by Gasteiger charge is 2.19. The van der Waals surface area contributed by atoms with E-state index in [1.165, 1.54) is 27.8 Å². The van der Waals surface area contributed by atoms with Gasteiger partial charge in [-0.3, -0.25) is 9.88 Å². The van der Waals surface area contributed by atoms with E-state index in [1.54, 1.807) is 0 Å². The topological polar surface area (TPSA) is 100.0 Å². The van der Waals surface area contributed by atoms with Crippen LogP contribution in [0.4, 0.5) is 0 Å². The highest BCUT2D eigenvalue weighted by molar-refractivity contribution is 5.89. The van der Waals surface area contributed by atoms with Crippen LogP contribution in [0.15, 0.2) is 61.0 Å². The van der Waals surface area contributed by atoms with E-state index < -0.39 is 11.9 Å². The standard InChI is InChI=1S/C20H22N2O.C4H4O4/c1-2-18-16(8-11-22-12-14-23-15-13-22)4-5-20(18)19(3-1)17-6-9-21-10-7-17;5-3(6)1-2-4(7)8/h1-4,6-7,9-10H,5,8,11-15H2;1-2H,(H,5,6)(H,7,8)/b;2-1-. The molecule has 2 aromatic rings. The maximum Gasteiger partial charge on any atom is 0.328 e. The van der Waals surface area contributed by atoms with Gasteiger partial charge in [-0.2, -0.15) is 0 Å². The zero-order chi connectivity index (χ0) is 22.1. The van der Waals surface area contributed by atoms with Crippen molar-refractivity contribution in [2.45, 2.75) is 12.8 Å². The third-order valence-corrected chi connectivity index (χ3v) is 5.24. The van der Waals surface area contributed by atoms with Crippen molar-refractivity contribution in [3.05, 3.63) is 72.1 Å². The second-order valence-corrected chi connectivity index (χ2v) is 7.21. The minimum absolute atomic E-state index is 0.558. The first-order chi connectivity index (χ1) is 15.0. The summed E-state index contributed by atoms with van der Waals surface area (Å²) in [6, 6.07) is 10.9. The Morgan fingerprint density at radius 3 is 2.29 bits per heavy atom. The molecule has 0 amide bonds. The molecule has 0 radical (unpaired) electrons. The Morgan fingerprint density at radius 1 is 1.00 bits per heavy atom. The summed E-state index contributed by atoms with van der Waals surface area (Å²) in [5.74, 6) is -2.51. The van der Waals surface area contributed by atoms with Gasteiger partial charge in [-0.15, -0.1) is 0 Å². The van der Waals surface area contributed by atoms with E-state index in [0.717, 1.165) is 45.7 Å². The van der Waals surface area contributed by atoms with Crippen molar-refractivity contribution in [3.8, 4) is 11.1 Å². The molecule has 0 bridgehead atoms. The van der Waals surface area contributed by atoms with Crippen LogP contribution in [-0.4, -0.2) is 64.9 Å². The summed E-state index contributed by atoms with van der Waals surface area (Å²) in [6.07, 6.45) is 9.45. The predicted octanol–water partition coefficient (Wildman–Crippen LogP) is 3.12. The Hall–Kier alpha value is -3.29. The number of rotatable bonds is 6. The van der Waals surface area contributed by atoms with Gasteiger partial charge in [0.1, 0.15) is 0 Å². The SMILES string of the molecule is C1=C(CCN2CCOCC2)c2cccc(-c3ccncc3)c2C1.O=C(O)/C=C\C(=O)O. The molecule has 0 saturated carbocycles. The summed E-state index contributed by atoms with van der Waals surface area (Å²) in [4.78, 5) is 25.7. The predicted molar refractivity (Wildman–Crippen MR) is 118 cm³/mol. The normalized spacial score (nSPS) is 15.7. The molecule has 7 nitrogen and oxygen atoms in total. The van der Waals surface area contributed by atoms with E-state index in [-0.39, 0.29) is 0 Å². The fourth-order valence-electron chi connectivity index (χ4n) is 3.73. The summed E-state index contributed by atoms with van der Waals surface area (Å²) >= 11 is 0. The first-order valence-corrected chi connectivity index (χ1v) is 10.2. The third kappa shape index (κ3) is 6.60. The van der Waals surface area contributed by atoms with Gasteiger partial charge in [0.2, 0.25) is 0 Å². The largest absolute Gasteiger partial charge is 0.478 e. The van der Waals surface area contributed by atoms with E-state index in [2.05, 4.69) is 46.3 Å². The van der Waals surface area contributed by atoms with Crippen LogP contribution in [0.2, 0.25) is 0 Å². The molecule has 2 N–H and O–H groups in total. The number of ether oxygens (including phenoxy) is 1. The Bertz CT molecular complexity index is 947. The van der Waals surface area contributed by atoms with Gasteiger partial charge in [-0.1, -0.05) is 24.3 Å². The second kappa shape index (κ2) is 11.2. The van der Waals surface area contributed by atoms with Gasteiger partial charge >= 0.3 is 11.9 Å². The number of carboxylic acids is 2. The molecular formula is C24H26N2O5. The molecule has 1 aliphatic heterocycles. The van der Waals surface area contributed by atoms with Crippen molar-refractivity contribution in [1.29, 1.82) is 0 Å². The molecule has 7 heteroatoms.